The van der Waals surface area contributed by atoms with E-state index >= 15 is 0 Å². The molecule has 0 unspecified atom stereocenters. The van der Waals surface area contributed by atoms with Crippen LogP contribution in [0.5, 0.6) is 11.5 Å². The highest BCUT2D eigenvalue weighted by molar-refractivity contribution is 8.18. The van der Waals surface area contributed by atoms with Gasteiger partial charge in [0.2, 0.25) is 0 Å². The van der Waals surface area contributed by atoms with Gasteiger partial charge in [-0.15, -0.1) is 0 Å². The van der Waals surface area contributed by atoms with E-state index in [1.54, 1.807) is 6.08 Å². The van der Waals surface area contributed by atoms with Gasteiger partial charge >= 0.3 is 0 Å². The van der Waals surface area contributed by atoms with Gasteiger partial charge in [0, 0.05) is 0 Å². The van der Waals surface area contributed by atoms with Crippen molar-refractivity contribution in [1.29, 1.82) is 0 Å². The first kappa shape index (κ1) is 24.6. The van der Waals surface area contributed by atoms with Crippen LogP contribution in [0.15, 0.2) is 83.8 Å². The fourth-order valence-electron chi connectivity index (χ4n) is 3.62. The second kappa shape index (κ2) is 10.8. The van der Waals surface area contributed by atoms with Crippen molar-refractivity contribution in [2.24, 2.45) is 0 Å². The Kier molecular flexibility index (Phi) is 7.61. The van der Waals surface area contributed by atoms with E-state index in [2.05, 4.69) is 32.9 Å². The van der Waals surface area contributed by atoms with E-state index in [4.69, 9.17) is 9.47 Å². The van der Waals surface area contributed by atoms with E-state index in [0.29, 0.717) is 23.9 Å². The molecule has 4 rings (SSSR count). The number of rotatable bonds is 8. The fraction of sp³-hybridized carbons (Fsp3) is 0.241. The van der Waals surface area contributed by atoms with Gasteiger partial charge in [-0.1, -0.05) is 75.4 Å². The predicted octanol–water partition coefficient (Wildman–Crippen LogP) is 6.68. The highest BCUT2D eigenvalue weighted by Crippen LogP contribution is 2.33. The Morgan fingerprint density at radius 3 is 2.20 bits per heavy atom. The largest absolute Gasteiger partial charge is 0.490 e. The molecule has 3 aromatic rings. The highest BCUT2D eigenvalue weighted by Gasteiger charge is 2.34. The van der Waals surface area contributed by atoms with Gasteiger partial charge in [0.05, 0.1) is 11.4 Å². The minimum Gasteiger partial charge on any atom is -0.490 e. The molecule has 0 atom stereocenters. The Hall–Kier alpha value is -3.51. The first-order valence-corrected chi connectivity index (χ1v) is 12.4. The number of hydrogen-bond acceptors (Lipinski definition) is 5. The monoisotopic (exact) mass is 487 g/mol. The summed E-state index contributed by atoms with van der Waals surface area (Å²) in [6.45, 7) is 7.61. The third-order valence-electron chi connectivity index (χ3n) is 5.55. The fourth-order valence-corrected chi connectivity index (χ4v) is 4.46. The molecule has 1 aliphatic heterocycles. The van der Waals surface area contributed by atoms with E-state index in [1.165, 1.54) is 10.5 Å². The van der Waals surface area contributed by atoms with E-state index in [0.717, 1.165) is 28.6 Å². The minimum atomic E-state index is -0.277. The molecule has 1 heterocycles. The standard InChI is InChI=1S/C29H29NO4S/c1-29(2,3)23-12-14-24(15-13-23)33-16-17-34-25-11-7-10-22(18-25)19-26-27(31)30(28(32)35-26)20-21-8-5-4-6-9-21/h4-15,18-19H,16-17,20H2,1-3H3/b26-19-. The van der Waals surface area contributed by atoms with Gasteiger partial charge in [0.15, 0.2) is 0 Å². The Morgan fingerprint density at radius 1 is 0.829 bits per heavy atom. The summed E-state index contributed by atoms with van der Waals surface area (Å²) in [5.41, 5.74) is 3.08. The lowest BCUT2D eigenvalue weighted by molar-refractivity contribution is -0.123. The molecule has 0 aromatic heterocycles. The van der Waals surface area contributed by atoms with Crippen LogP contribution in [0.3, 0.4) is 0 Å². The number of nitrogens with zero attached hydrogens (tertiary/aromatic N) is 1. The van der Waals surface area contributed by atoms with E-state index < -0.39 is 0 Å². The summed E-state index contributed by atoms with van der Waals surface area (Å²) < 4.78 is 11.6. The van der Waals surface area contributed by atoms with Crippen molar-refractivity contribution in [1.82, 2.24) is 4.90 Å². The van der Waals surface area contributed by atoms with Crippen LogP contribution in [-0.4, -0.2) is 29.3 Å². The predicted molar refractivity (Wildman–Crippen MR) is 141 cm³/mol. The van der Waals surface area contributed by atoms with Gasteiger partial charge in [-0.2, -0.15) is 0 Å². The van der Waals surface area contributed by atoms with Gasteiger partial charge in [0.25, 0.3) is 11.1 Å². The zero-order valence-corrected chi connectivity index (χ0v) is 21.0. The average Bonchev–Trinajstić information content (AvgIpc) is 3.10. The Labute approximate surface area is 210 Å². The minimum absolute atomic E-state index is 0.108. The van der Waals surface area contributed by atoms with Crippen molar-refractivity contribution >= 4 is 29.0 Å². The zero-order chi connectivity index (χ0) is 24.8. The van der Waals surface area contributed by atoms with Crippen LogP contribution in [0, 0.1) is 0 Å². The number of thioether (sulfide) groups is 1. The van der Waals surface area contributed by atoms with Crippen LogP contribution in [0.4, 0.5) is 4.79 Å². The SMILES string of the molecule is CC(C)(C)c1ccc(OCCOc2cccc(/C=C3\SC(=O)N(Cc4ccccc4)C3=O)c2)cc1. The van der Waals surface area contributed by atoms with Crippen molar-refractivity contribution in [3.63, 3.8) is 0 Å². The lowest BCUT2D eigenvalue weighted by Gasteiger charge is -2.19. The number of ether oxygens (including phenoxy) is 2. The molecule has 6 heteroatoms. The summed E-state index contributed by atoms with van der Waals surface area (Å²) in [7, 11) is 0. The average molecular weight is 488 g/mol. The van der Waals surface area contributed by atoms with Gasteiger partial charge < -0.3 is 9.47 Å². The maximum atomic E-state index is 12.8. The zero-order valence-electron chi connectivity index (χ0n) is 20.2. The van der Waals surface area contributed by atoms with E-state index in [9.17, 15) is 9.59 Å². The van der Waals surface area contributed by atoms with Gasteiger partial charge in [-0.3, -0.25) is 14.5 Å². The molecule has 0 saturated carbocycles. The second-order valence-corrected chi connectivity index (χ2v) is 10.3. The Morgan fingerprint density at radius 2 is 1.51 bits per heavy atom. The van der Waals surface area contributed by atoms with Crippen LogP contribution in [0.1, 0.15) is 37.5 Å². The Balaban J connectivity index is 1.31. The quantitative estimate of drug-likeness (QED) is 0.262. The second-order valence-electron chi connectivity index (χ2n) is 9.30. The lowest BCUT2D eigenvalue weighted by atomic mass is 9.87. The third-order valence-corrected chi connectivity index (χ3v) is 6.46. The molecule has 1 fully saturated rings. The van der Waals surface area contributed by atoms with Crippen molar-refractivity contribution in [3.8, 4) is 11.5 Å². The van der Waals surface area contributed by atoms with Crippen LogP contribution in [-0.2, 0) is 16.8 Å². The number of benzene rings is 3. The van der Waals surface area contributed by atoms with Crippen molar-refractivity contribution in [2.75, 3.05) is 13.2 Å². The first-order valence-electron chi connectivity index (χ1n) is 11.5. The lowest BCUT2D eigenvalue weighted by Crippen LogP contribution is -2.27. The molecular weight excluding hydrogens is 458 g/mol. The van der Waals surface area contributed by atoms with Crippen LogP contribution in [0.2, 0.25) is 0 Å². The number of hydrogen-bond donors (Lipinski definition) is 0. The molecule has 0 N–H and O–H groups in total. The normalized spacial score (nSPS) is 15.1. The molecular formula is C29H29NO4S. The molecule has 0 aliphatic carbocycles. The number of carbonyl (C=O) groups is 2. The maximum Gasteiger partial charge on any atom is 0.293 e. The van der Waals surface area contributed by atoms with Crippen LogP contribution < -0.4 is 9.47 Å². The van der Waals surface area contributed by atoms with Crippen molar-refractivity contribution < 1.29 is 19.1 Å². The molecule has 5 nitrogen and oxygen atoms in total. The molecule has 180 valence electrons. The molecule has 0 bridgehead atoms. The summed E-state index contributed by atoms with van der Waals surface area (Å²) >= 11 is 0.961. The van der Waals surface area contributed by atoms with Gasteiger partial charge in [0.1, 0.15) is 24.7 Å². The number of imide groups is 1. The summed E-state index contributed by atoms with van der Waals surface area (Å²) in [4.78, 5) is 26.9. The molecule has 0 spiro atoms. The summed E-state index contributed by atoms with van der Waals surface area (Å²) in [6, 6.07) is 25.1. The van der Waals surface area contributed by atoms with Crippen LogP contribution in [0.25, 0.3) is 6.08 Å². The smallest absolute Gasteiger partial charge is 0.293 e. The summed E-state index contributed by atoms with van der Waals surface area (Å²) in [5.74, 6) is 1.21. The van der Waals surface area contributed by atoms with Gasteiger partial charge in [-0.25, -0.2) is 0 Å². The summed E-state index contributed by atoms with van der Waals surface area (Å²) in [6.07, 6.45) is 1.73. The number of amides is 2. The molecule has 0 radical (unpaired) electrons. The van der Waals surface area contributed by atoms with Gasteiger partial charge in [-0.05, 0) is 64.2 Å². The Bertz CT molecular complexity index is 1210. The summed E-state index contributed by atoms with van der Waals surface area (Å²) in [5, 5.41) is -0.259. The number of carbonyl (C=O) groups excluding carboxylic acids is 2. The van der Waals surface area contributed by atoms with Crippen LogP contribution >= 0.6 is 11.8 Å². The first-order chi connectivity index (χ1) is 16.8. The molecule has 1 saturated heterocycles. The molecule has 35 heavy (non-hydrogen) atoms. The van der Waals surface area contributed by atoms with E-state index in [1.807, 2.05) is 66.7 Å². The molecule has 1 aliphatic rings. The maximum absolute atomic E-state index is 12.8. The third kappa shape index (κ3) is 6.55. The highest BCUT2D eigenvalue weighted by atomic mass is 32.2. The molecule has 2 amide bonds. The van der Waals surface area contributed by atoms with Crippen molar-refractivity contribution in [2.45, 2.75) is 32.7 Å². The molecule has 3 aromatic carbocycles. The topological polar surface area (TPSA) is 55.8 Å². The van der Waals surface area contributed by atoms with E-state index in [-0.39, 0.29) is 23.1 Å². The van der Waals surface area contributed by atoms with Crippen molar-refractivity contribution in [3.05, 3.63) is 100 Å².